The van der Waals surface area contributed by atoms with Crippen LogP contribution in [0, 0.1) is 0 Å². The van der Waals surface area contributed by atoms with Gasteiger partial charge in [-0.25, -0.2) is 9.78 Å². The monoisotopic (exact) mass is 401 g/mol. The van der Waals surface area contributed by atoms with Gasteiger partial charge in [0.25, 0.3) is 0 Å². The minimum absolute atomic E-state index is 0.124. The van der Waals surface area contributed by atoms with E-state index in [1.165, 1.54) is 16.9 Å². The summed E-state index contributed by atoms with van der Waals surface area (Å²) in [5.41, 5.74) is 2.87. The van der Waals surface area contributed by atoms with Crippen molar-refractivity contribution in [2.45, 2.75) is 25.9 Å². The first-order valence-corrected chi connectivity index (χ1v) is 8.97. The Morgan fingerprint density at radius 3 is 2.56 bits per heavy atom. The maximum Gasteiger partial charge on any atom is 0.422 e. The Bertz CT molecular complexity index is 776. The molecular weight excluding hydrogens is 383 g/mol. The largest absolute Gasteiger partial charge is 0.440 e. The zero-order chi connectivity index (χ0) is 19.9. The van der Waals surface area contributed by atoms with E-state index in [0.717, 1.165) is 17.7 Å². The van der Waals surface area contributed by atoms with Gasteiger partial charge in [0, 0.05) is 23.9 Å². The Kier molecular flexibility index (Phi) is 7.17. The molecule has 1 heterocycles. The van der Waals surface area contributed by atoms with E-state index in [1.54, 1.807) is 0 Å². The Balaban J connectivity index is 1.76. The number of carbonyl (C=O) groups is 2. The summed E-state index contributed by atoms with van der Waals surface area (Å²) in [6.07, 6.45) is -5.00. The van der Waals surface area contributed by atoms with Crippen LogP contribution in [-0.2, 0) is 16.0 Å². The number of rotatable bonds is 7. The molecule has 0 atom stereocenters. The van der Waals surface area contributed by atoms with Gasteiger partial charge in [0.1, 0.15) is 0 Å². The lowest BCUT2D eigenvalue weighted by atomic mass is 10.1. The van der Waals surface area contributed by atoms with Gasteiger partial charge < -0.3 is 15.4 Å². The summed E-state index contributed by atoms with van der Waals surface area (Å²) in [4.78, 5) is 27.2. The highest BCUT2D eigenvalue weighted by Gasteiger charge is 2.29. The molecule has 0 aliphatic rings. The number of halogens is 3. The molecule has 2 amide bonds. The highest BCUT2D eigenvalue weighted by atomic mass is 32.1. The second-order valence-electron chi connectivity index (χ2n) is 5.50. The fourth-order valence-electron chi connectivity index (χ4n) is 2.03. The number of nitrogens with zero attached hydrogens (tertiary/aromatic N) is 1. The summed E-state index contributed by atoms with van der Waals surface area (Å²) in [7, 11) is 0. The molecule has 2 aromatic rings. The molecule has 0 fully saturated rings. The van der Waals surface area contributed by atoms with Crippen molar-refractivity contribution in [3.8, 4) is 11.3 Å². The van der Waals surface area contributed by atoms with Crippen LogP contribution in [0.5, 0.6) is 0 Å². The van der Waals surface area contributed by atoms with Gasteiger partial charge in [0.2, 0.25) is 5.91 Å². The molecule has 0 unspecified atom stereocenters. The third kappa shape index (κ3) is 7.26. The fourth-order valence-corrected chi connectivity index (χ4v) is 2.77. The number of aryl methyl sites for hydroxylation is 1. The molecule has 10 heteroatoms. The number of alkyl carbamates (subject to hydrolysis) is 1. The van der Waals surface area contributed by atoms with Crippen molar-refractivity contribution < 1.29 is 27.5 Å². The molecular formula is C17H18F3N3O3S. The number of thiazole rings is 1. The molecule has 0 aliphatic carbocycles. The van der Waals surface area contributed by atoms with Gasteiger partial charge in [0.05, 0.1) is 5.69 Å². The van der Waals surface area contributed by atoms with E-state index in [-0.39, 0.29) is 13.0 Å². The number of hydrogen-bond acceptors (Lipinski definition) is 5. The standard InChI is InChI=1S/C17H18F3N3O3S/c1-2-11-3-5-12(6-4-11)13-9-27-15(22-13)23-14(24)7-8-21-16(25)26-10-17(18,19)20/h3-6,9H,2,7-8,10H2,1H3,(H,21,25)(H,22,23,24). The number of alkyl halides is 3. The number of amides is 2. The van der Waals surface area contributed by atoms with E-state index in [0.29, 0.717) is 5.13 Å². The first-order chi connectivity index (χ1) is 12.8. The van der Waals surface area contributed by atoms with Gasteiger partial charge in [-0.1, -0.05) is 31.2 Å². The number of benzene rings is 1. The lowest BCUT2D eigenvalue weighted by Crippen LogP contribution is -2.31. The third-order valence-electron chi connectivity index (χ3n) is 3.40. The Labute approximate surface area is 157 Å². The summed E-state index contributed by atoms with van der Waals surface area (Å²) >= 11 is 1.25. The van der Waals surface area contributed by atoms with E-state index >= 15 is 0 Å². The second-order valence-corrected chi connectivity index (χ2v) is 6.36. The van der Waals surface area contributed by atoms with Gasteiger partial charge in [-0.3, -0.25) is 4.79 Å². The van der Waals surface area contributed by atoms with E-state index in [1.807, 2.05) is 29.6 Å². The molecule has 1 aromatic carbocycles. The molecule has 27 heavy (non-hydrogen) atoms. The molecule has 6 nitrogen and oxygen atoms in total. The van der Waals surface area contributed by atoms with Crippen molar-refractivity contribution in [3.63, 3.8) is 0 Å². The van der Waals surface area contributed by atoms with Gasteiger partial charge >= 0.3 is 12.3 Å². The summed E-state index contributed by atoms with van der Waals surface area (Å²) in [5.74, 6) is -0.423. The van der Waals surface area contributed by atoms with Crippen molar-refractivity contribution in [2.24, 2.45) is 0 Å². The Morgan fingerprint density at radius 2 is 1.93 bits per heavy atom. The average molecular weight is 401 g/mol. The van der Waals surface area contributed by atoms with Crippen LogP contribution in [0.2, 0.25) is 0 Å². The van der Waals surface area contributed by atoms with Crippen LogP contribution in [0.15, 0.2) is 29.6 Å². The molecule has 0 aliphatic heterocycles. The lowest BCUT2D eigenvalue weighted by Gasteiger charge is -2.08. The zero-order valence-corrected chi connectivity index (χ0v) is 15.2. The third-order valence-corrected chi connectivity index (χ3v) is 4.15. The molecule has 146 valence electrons. The maximum absolute atomic E-state index is 11.9. The van der Waals surface area contributed by atoms with E-state index in [9.17, 15) is 22.8 Å². The molecule has 1 aromatic heterocycles. The van der Waals surface area contributed by atoms with E-state index in [2.05, 4.69) is 27.3 Å². The highest BCUT2D eigenvalue weighted by molar-refractivity contribution is 7.14. The minimum atomic E-state index is -4.59. The molecule has 0 radical (unpaired) electrons. The molecule has 0 bridgehead atoms. The number of anilines is 1. The molecule has 0 spiro atoms. The summed E-state index contributed by atoms with van der Waals surface area (Å²) in [6, 6.07) is 7.93. The predicted molar refractivity (Wildman–Crippen MR) is 95.6 cm³/mol. The molecule has 0 saturated carbocycles. The van der Waals surface area contributed by atoms with Gasteiger partial charge in [-0.15, -0.1) is 11.3 Å². The Hall–Kier alpha value is -2.62. The summed E-state index contributed by atoms with van der Waals surface area (Å²) in [6.45, 7) is 0.238. The number of hydrogen-bond donors (Lipinski definition) is 2. The second kappa shape index (κ2) is 9.36. The number of aromatic nitrogens is 1. The van der Waals surface area contributed by atoms with Crippen molar-refractivity contribution in [1.82, 2.24) is 10.3 Å². The van der Waals surface area contributed by atoms with Crippen molar-refractivity contribution in [1.29, 1.82) is 0 Å². The van der Waals surface area contributed by atoms with Crippen molar-refractivity contribution in [3.05, 3.63) is 35.2 Å². The normalized spacial score (nSPS) is 11.1. The smallest absolute Gasteiger partial charge is 0.422 e. The van der Waals surface area contributed by atoms with Crippen LogP contribution in [-0.4, -0.2) is 36.3 Å². The molecule has 0 saturated heterocycles. The van der Waals surface area contributed by atoms with Gasteiger partial charge in [0.15, 0.2) is 11.7 Å². The van der Waals surface area contributed by atoms with E-state index < -0.39 is 24.8 Å². The quantitative estimate of drug-likeness (QED) is 0.735. The maximum atomic E-state index is 11.9. The van der Waals surface area contributed by atoms with Crippen LogP contribution in [0.4, 0.5) is 23.1 Å². The molecule has 2 N–H and O–H groups in total. The van der Waals surface area contributed by atoms with Crippen LogP contribution < -0.4 is 10.6 Å². The number of nitrogens with one attached hydrogen (secondary N) is 2. The average Bonchev–Trinajstić information content (AvgIpc) is 3.08. The van der Waals surface area contributed by atoms with Gasteiger partial charge in [-0.05, 0) is 12.0 Å². The SMILES string of the molecule is CCc1ccc(-c2csc(NC(=O)CCNC(=O)OCC(F)(F)F)n2)cc1. The van der Waals surface area contributed by atoms with Gasteiger partial charge in [-0.2, -0.15) is 13.2 Å². The van der Waals surface area contributed by atoms with Crippen molar-refractivity contribution in [2.75, 3.05) is 18.5 Å². The topological polar surface area (TPSA) is 80.3 Å². The van der Waals surface area contributed by atoms with Crippen LogP contribution in [0.25, 0.3) is 11.3 Å². The van der Waals surface area contributed by atoms with E-state index in [4.69, 9.17) is 0 Å². The van der Waals surface area contributed by atoms with Crippen molar-refractivity contribution >= 4 is 28.5 Å². The van der Waals surface area contributed by atoms with Crippen LogP contribution >= 0.6 is 11.3 Å². The lowest BCUT2D eigenvalue weighted by molar-refractivity contribution is -0.160. The zero-order valence-electron chi connectivity index (χ0n) is 14.4. The Morgan fingerprint density at radius 1 is 1.22 bits per heavy atom. The molecule has 2 rings (SSSR count). The van der Waals surface area contributed by atoms with Crippen LogP contribution in [0.3, 0.4) is 0 Å². The first-order valence-electron chi connectivity index (χ1n) is 8.09. The summed E-state index contributed by atoms with van der Waals surface area (Å²) < 4.78 is 39.6. The first kappa shape index (κ1) is 20.7. The number of ether oxygens (including phenoxy) is 1. The van der Waals surface area contributed by atoms with Crippen LogP contribution in [0.1, 0.15) is 18.9 Å². The highest BCUT2D eigenvalue weighted by Crippen LogP contribution is 2.25. The minimum Gasteiger partial charge on any atom is -0.440 e. The summed E-state index contributed by atoms with van der Waals surface area (Å²) in [5, 5.41) is 6.86. The number of carbonyl (C=O) groups excluding carboxylic acids is 2. The predicted octanol–water partition coefficient (Wildman–Crippen LogP) is 3.99. The fraction of sp³-hybridized carbons (Fsp3) is 0.353.